The summed E-state index contributed by atoms with van der Waals surface area (Å²) < 4.78 is 33.2. The Kier molecular flexibility index (Phi) is 5.35. The van der Waals surface area contributed by atoms with Gasteiger partial charge in [0.25, 0.3) is 5.92 Å². The molecule has 1 aromatic carbocycles. The average Bonchev–Trinajstić information content (AvgIpc) is 3.44. The minimum absolute atomic E-state index is 0.0842. The van der Waals surface area contributed by atoms with Gasteiger partial charge in [0.1, 0.15) is 5.69 Å². The maximum atomic E-state index is 13.8. The molecule has 1 saturated carbocycles. The zero-order chi connectivity index (χ0) is 20.6. The number of hydrogen-bond donors (Lipinski definition) is 2. The van der Waals surface area contributed by atoms with E-state index in [1.165, 1.54) is 9.91 Å². The number of hydrogen-bond acceptors (Lipinski definition) is 7. The van der Waals surface area contributed by atoms with Crippen LogP contribution in [0.2, 0.25) is 5.02 Å². The Morgan fingerprint density at radius 2 is 2.03 bits per heavy atom. The molecule has 2 aromatic rings. The lowest BCUT2D eigenvalue weighted by Gasteiger charge is -2.25. The maximum absolute atomic E-state index is 13.8. The van der Waals surface area contributed by atoms with Crippen molar-refractivity contribution in [2.75, 3.05) is 35.3 Å². The quantitative estimate of drug-likeness (QED) is 0.520. The van der Waals surface area contributed by atoms with E-state index in [1.54, 1.807) is 6.07 Å². The van der Waals surface area contributed by atoms with Gasteiger partial charge in [-0.2, -0.15) is 9.97 Å². The second-order valence-electron chi connectivity index (χ2n) is 7.57. The molecule has 1 saturated heterocycles. The van der Waals surface area contributed by atoms with Gasteiger partial charge >= 0.3 is 6.01 Å². The first-order valence-corrected chi connectivity index (χ1v) is 9.89. The number of nitrogens with zero attached hydrogens (tertiary/aromatic N) is 4. The van der Waals surface area contributed by atoms with E-state index in [0.29, 0.717) is 17.5 Å². The number of ether oxygens (including phenoxy) is 1. The summed E-state index contributed by atoms with van der Waals surface area (Å²) in [6, 6.07) is 7.35. The van der Waals surface area contributed by atoms with Crippen LogP contribution in [0.3, 0.4) is 0 Å². The van der Waals surface area contributed by atoms with Crippen LogP contribution >= 0.6 is 11.6 Å². The van der Waals surface area contributed by atoms with Gasteiger partial charge in [0.15, 0.2) is 11.6 Å². The van der Waals surface area contributed by atoms with Gasteiger partial charge in [-0.1, -0.05) is 29.8 Å². The minimum atomic E-state index is -2.79. The largest absolute Gasteiger partial charge is 0.463 e. The Bertz CT molecular complexity index is 895. The first-order chi connectivity index (χ1) is 13.8. The zero-order valence-corrected chi connectivity index (χ0v) is 16.6. The van der Waals surface area contributed by atoms with Gasteiger partial charge in [-0.15, -0.1) is 0 Å². The predicted molar refractivity (Wildman–Crippen MR) is 108 cm³/mol. The predicted octanol–water partition coefficient (Wildman–Crippen LogP) is 3.23. The van der Waals surface area contributed by atoms with Crippen LogP contribution in [0.1, 0.15) is 24.8 Å². The Labute approximate surface area is 172 Å². The lowest BCUT2D eigenvalue weighted by molar-refractivity contribution is 0.0256. The van der Waals surface area contributed by atoms with Crippen LogP contribution in [-0.4, -0.2) is 35.6 Å². The van der Waals surface area contributed by atoms with Gasteiger partial charge in [-0.25, -0.2) is 14.6 Å². The monoisotopic (exact) mass is 424 g/mol. The zero-order valence-electron chi connectivity index (χ0n) is 15.8. The van der Waals surface area contributed by atoms with Crippen LogP contribution in [0.4, 0.5) is 26.1 Å². The van der Waals surface area contributed by atoms with E-state index in [4.69, 9.17) is 27.9 Å². The minimum Gasteiger partial charge on any atom is -0.463 e. The first-order valence-electron chi connectivity index (χ1n) is 9.51. The molecule has 2 fully saturated rings. The van der Waals surface area contributed by atoms with Crippen LogP contribution in [0.15, 0.2) is 24.3 Å². The Morgan fingerprint density at radius 1 is 1.28 bits per heavy atom. The van der Waals surface area contributed by atoms with Gasteiger partial charge in [0.05, 0.1) is 19.7 Å². The molecule has 156 valence electrons. The molecule has 4 N–H and O–H groups in total. The van der Waals surface area contributed by atoms with Crippen molar-refractivity contribution in [3.05, 3.63) is 34.9 Å². The number of alkyl halides is 2. The van der Waals surface area contributed by atoms with Crippen LogP contribution in [0, 0.1) is 5.92 Å². The topological polar surface area (TPSA) is 93.5 Å². The molecule has 0 bridgehead atoms. The number of nitrogens with two attached hydrogens (primary N) is 2. The highest BCUT2D eigenvalue weighted by Crippen LogP contribution is 2.37. The molecule has 0 spiro atoms. The van der Waals surface area contributed by atoms with E-state index >= 15 is 0 Å². The van der Waals surface area contributed by atoms with Gasteiger partial charge in [-0.3, -0.25) is 5.01 Å². The summed E-state index contributed by atoms with van der Waals surface area (Å²) in [5.41, 5.74) is 7.18. The molecular weight excluding hydrogens is 402 g/mol. The number of hydrazine groups is 1. The second-order valence-corrected chi connectivity index (χ2v) is 7.98. The van der Waals surface area contributed by atoms with E-state index in [9.17, 15) is 8.78 Å². The fourth-order valence-electron chi connectivity index (χ4n) is 3.23. The van der Waals surface area contributed by atoms with Crippen molar-refractivity contribution in [1.29, 1.82) is 0 Å². The average molecular weight is 425 g/mol. The van der Waals surface area contributed by atoms with Crippen LogP contribution in [0.5, 0.6) is 6.01 Å². The number of nitrogen functional groups attached to an aromatic ring is 1. The van der Waals surface area contributed by atoms with Crippen molar-refractivity contribution in [2.45, 2.75) is 31.7 Å². The van der Waals surface area contributed by atoms with Gasteiger partial charge in [-0.05, 0) is 30.4 Å². The SMILES string of the molecule is Nc1c(N(N)Cc2ccccc2Cl)nc(OCC2CC2)nc1N1CCC(F)(F)C1. The van der Waals surface area contributed by atoms with Crippen molar-refractivity contribution >= 4 is 28.9 Å². The van der Waals surface area contributed by atoms with Crippen LogP contribution in [-0.2, 0) is 6.54 Å². The summed E-state index contributed by atoms with van der Waals surface area (Å²) in [5.74, 6) is 4.37. The summed E-state index contributed by atoms with van der Waals surface area (Å²) in [5, 5.41) is 1.89. The molecule has 0 unspecified atom stereocenters. The molecule has 29 heavy (non-hydrogen) atoms. The van der Waals surface area contributed by atoms with Gasteiger partial charge < -0.3 is 15.4 Å². The standard InChI is InChI=1S/C19H23ClF2N6O/c20-14-4-2-1-3-13(14)9-28(24)17-15(23)16(27-8-7-19(21,22)11-27)25-18(26-17)29-10-12-5-6-12/h1-4,12H,5-11,23-24H2. The fourth-order valence-corrected chi connectivity index (χ4v) is 3.43. The van der Waals surface area contributed by atoms with Gasteiger partial charge in [0, 0.05) is 18.0 Å². The maximum Gasteiger partial charge on any atom is 0.320 e. The fraction of sp³-hybridized carbons (Fsp3) is 0.474. The third kappa shape index (κ3) is 4.62. The Hall–Kier alpha value is -2.39. The number of rotatable bonds is 7. The molecular formula is C19H23ClF2N6O. The number of aromatic nitrogens is 2. The molecule has 0 amide bonds. The van der Waals surface area contributed by atoms with Crippen molar-refractivity contribution in [3.63, 3.8) is 0 Å². The van der Waals surface area contributed by atoms with E-state index in [2.05, 4.69) is 9.97 Å². The molecule has 4 rings (SSSR count). The van der Waals surface area contributed by atoms with Crippen molar-refractivity contribution < 1.29 is 13.5 Å². The third-order valence-electron chi connectivity index (χ3n) is 5.07. The van der Waals surface area contributed by atoms with Crippen LogP contribution in [0.25, 0.3) is 0 Å². The first kappa shape index (κ1) is 19.9. The Morgan fingerprint density at radius 3 is 2.69 bits per heavy atom. The van der Waals surface area contributed by atoms with E-state index in [-0.39, 0.29) is 42.8 Å². The van der Waals surface area contributed by atoms with Crippen LogP contribution < -0.4 is 26.2 Å². The third-order valence-corrected chi connectivity index (χ3v) is 5.44. The molecule has 0 atom stereocenters. The lowest BCUT2D eigenvalue weighted by atomic mass is 10.2. The molecule has 1 aromatic heterocycles. The van der Waals surface area contributed by atoms with E-state index in [0.717, 1.165) is 18.4 Å². The summed E-state index contributed by atoms with van der Waals surface area (Å²) in [6.07, 6.45) is 1.95. The van der Waals surface area contributed by atoms with E-state index < -0.39 is 12.5 Å². The lowest BCUT2D eigenvalue weighted by Crippen LogP contribution is -2.33. The highest BCUT2D eigenvalue weighted by molar-refractivity contribution is 6.31. The second kappa shape index (κ2) is 7.79. The smallest absolute Gasteiger partial charge is 0.320 e. The highest BCUT2D eigenvalue weighted by Gasteiger charge is 2.40. The molecule has 2 aliphatic rings. The van der Waals surface area contributed by atoms with Gasteiger partial charge in [0.2, 0.25) is 0 Å². The molecule has 1 aliphatic heterocycles. The van der Waals surface area contributed by atoms with E-state index in [1.807, 2.05) is 18.2 Å². The number of anilines is 3. The summed E-state index contributed by atoms with van der Waals surface area (Å²) in [4.78, 5) is 10.1. The van der Waals surface area contributed by atoms with Crippen molar-refractivity contribution in [2.24, 2.45) is 11.8 Å². The van der Waals surface area contributed by atoms with Crippen molar-refractivity contribution in [3.8, 4) is 6.01 Å². The number of halogens is 3. The number of benzene rings is 1. The molecule has 1 aliphatic carbocycles. The van der Waals surface area contributed by atoms with Crippen molar-refractivity contribution in [1.82, 2.24) is 9.97 Å². The molecule has 7 nitrogen and oxygen atoms in total. The Balaban J connectivity index is 1.64. The molecule has 0 radical (unpaired) electrons. The summed E-state index contributed by atoms with van der Waals surface area (Å²) in [6.45, 7) is 0.405. The summed E-state index contributed by atoms with van der Waals surface area (Å²) >= 11 is 6.22. The molecule has 10 heteroatoms. The highest BCUT2D eigenvalue weighted by atomic mass is 35.5. The summed E-state index contributed by atoms with van der Waals surface area (Å²) in [7, 11) is 0. The molecule has 2 heterocycles. The normalized spacial score (nSPS) is 18.1.